The van der Waals surface area contributed by atoms with Crippen molar-refractivity contribution in [1.82, 2.24) is 24.3 Å². The quantitative estimate of drug-likeness (QED) is 0.448. The predicted molar refractivity (Wildman–Crippen MR) is 153 cm³/mol. The van der Waals surface area contributed by atoms with Crippen molar-refractivity contribution in [1.29, 1.82) is 0 Å². The molecule has 2 N–H and O–H groups in total. The van der Waals surface area contributed by atoms with Gasteiger partial charge in [-0.1, -0.05) is 12.1 Å². The molecule has 1 saturated heterocycles. The van der Waals surface area contributed by atoms with Crippen LogP contribution in [0.25, 0.3) is 21.8 Å². The van der Waals surface area contributed by atoms with Gasteiger partial charge < -0.3 is 10.4 Å². The molecule has 0 unspecified atom stereocenters. The average Bonchev–Trinajstić information content (AvgIpc) is 2.89. The first kappa shape index (κ1) is 27.5. The second-order valence-electron chi connectivity index (χ2n) is 13.0. The molecule has 0 radical (unpaired) electrons. The van der Waals surface area contributed by atoms with Gasteiger partial charge in [-0.15, -0.1) is 0 Å². The number of pyridine rings is 1. The normalized spacial score (nSPS) is 24.9. The summed E-state index contributed by atoms with van der Waals surface area (Å²) in [6, 6.07) is 5.63. The molecule has 3 aromatic rings. The van der Waals surface area contributed by atoms with Crippen molar-refractivity contribution < 1.29 is 13.9 Å². The van der Waals surface area contributed by atoms with E-state index in [-0.39, 0.29) is 48.1 Å². The number of benzene rings is 1. The number of alkyl halides is 2. The second-order valence-corrected chi connectivity index (χ2v) is 13.0. The van der Waals surface area contributed by atoms with Crippen molar-refractivity contribution >= 4 is 27.8 Å². The Morgan fingerprint density at radius 2 is 1.73 bits per heavy atom. The van der Waals surface area contributed by atoms with E-state index in [1.54, 1.807) is 10.8 Å². The number of anilines is 1. The fraction of sp³-hybridized carbons (Fsp3) is 0.633. The topological polar surface area (TPSA) is 86.5 Å². The van der Waals surface area contributed by atoms with Crippen molar-refractivity contribution in [3.8, 4) is 0 Å². The fourth-order valence-corrected chi connectivity index (χ4v) is 6.58. The second kappa shape index (κ2) is 10.3. The zero-order valence-corrected chi connectivity index (χ0v) is 23.7. The van der Waals surface area contributed by atoms with E-state index in [0.29, 0.717) is 36.7 Å². The highest BCUT2D eigenvalue weighted by Crippen LogP contribution is 2.39. The number of nitrogens with one attached hydrogen (secondary N) is 1. The van der Waals surface area contributed by atoms with E-state index in [1.165, 1.54) is 0 Å². The molecule has 8 nitrogen and oxygen atoms in total. The Hall–Kier alpha value is -2.69. The smallest absolute Gasteiger partial charge is 0.260 e. The molecule has 3 fully saturated rings. The lowest BCUT2D eigenvalue weighted by Crippen LogP contribution is -2.53. The van der Waals surface area contributed by atoms with Gasteiger partial charge in [-0.25, -0.2) is 13.8 Å². The van der Waals surface area contributed by atoms with Crippen LogP contribution in [0.15, 0.2) is 29.2 Å². The van der Waals surface area contributed by atoms with Crippen LogP contribution < -0.4 is 10.9 Å². The summed E-state index contributed by atoms with van der Waals surface area (Å²) in [4.78, 5) is 28.2. The molecule has 0 atom stereocenters. The zero-order chi connectivity index (χ0) is 28.2. The van der Waals surface area contributed by atoms with E-state index in [0.717, 1.165) is 49.1 Å². The number of piperazine rings is 1. The summed E-state index contributed by atoms with van der Waals surface area (Å²) >= 11 is 0. The number of rotatable bonds is 5. The van der Waals surface area contributed by atoms with Crippen molar-refractivity contribution in [2.24, 2.45) is 0 Å². The maximum absolute atomic E-state index is 14.1. The van der Waals surface area contributed by atoms with Gasteiger partial charge in [0.15, 0.2) is 0 Å². The van der Waals surface area contributed by atoms with Gasteiger partial charge in [0.25, 0.3) is 11.5 Å². The van der Waals surface area contributed by atoms with Crippen molar-refractivity contribution in [3.05, 3.63) is 40.3 Å². The van der Waals surface area contributed by atoms with Gasteiger partial charge in [-0.3, -0.25) is 19.2 Å². The third kappa shape index (κ3) is 5.45. The first-order valence-electron chi connectivity index (χ1n) is 14.6. The number of hydrogen-bond acceptors (Lipinski definition) is 7. The fourth-order valence-electron chi connectivity index (χ4n) is 6.58. The number of aliphatic hydroxyl groups excluding tert-OH is 1. The maximum Gasteiger partial charge on any atom is 0.260 e. The molecule has 2 aromatic heterocycles. The Balaban J connectivity index is 1.34. The highest BCUT2D eigenvalue weighted by molar-refractivity contribution is 6.04. The molecule has 40 heavy (non-hydrogen) atoms. The zero-order valence-electron chi connectivity index (χ0n) is 23.7. The average molecular weight is 555 g/mol. The van der Waals surface area contributed by atoms with E-state index < -0.39 is 5.92 Å². The molecule has 0 spiro atoms. The van der Waals surface area contributed by atoms with Crippen molar-refractivity contribution in [2.75, 3.05) is 31.5 Å². The monoisotopic (exact) mass is 554 g/mol. The Bertz CT molecular complexity index is 1440. The van der Waals surface area contributed by atoms with Crippen LogP contribution in [0.4, 0.5) is 14.7 Å². The Morgan fingerprint density at radius 3 is 2.38 bits per heavy atom. The minimum absolute atomic E-state index is 0.0901. The molecule has 2 aliphatic carbocycles. The highest BCUT2D eigenvalue weighted by Gasteiger charge is 2.45. The molecule has 1 aromatic carbocycles. The molecule has 216 valence electrons. The molecule has 2 saturated carbocycles. The number of nitrogens with zero attached hydrogens (tertiary/aromatic N) is 5. The summed E-state index contributed by atoms with van der Waals surface area (Å²) in [7, 11) is 0. The van der Waals surface area contributed by atoms with Gasteiger partial charge >= 0.3 is 0 Å². The molecular formula is C30H40F2N6O2. The van der Waals surface area contributed by atoms with Gasteiger partial charge in [0.2, 0.25) is 5.95 Å². The van der Waals surface area contributed by atoms with Crippen LogP contribution >= 0.6 is 0 Å². The SMILES string of the molecule is CC(C)(C)N1CCN(Cc2ccc3c(c2)c(=O)n([C@H]2CC[C@H](O)CC2)c2nc(NC4CC(F)(F)C4)ncc32)CC1. The summed E-state index contributed by atoms with van der Waals surface area (Å²) in [6.07, 6.45) is 3.50. The van der Waals surface area contributed by atoms with Crippen LogP contribution in [0, 0.1) is 0 Å². The molecule has 0 amide bonds. The number of aromatic nitrogens is 3. The molecule has 1 aliphatic heterocycles. The van der Waals surface area contributed by atoms with E-state index in [1.807, 2.05) is 12.1 Å². The van der Waals surface area contributed by atoms with Crippen molar-refractivity contribution in [2.45, 2.75) is 95.5 Å². The van der Waals surface area contributed by atoms with Gasteiger partial charge in [0.05, 0.1) is 6.10 Å². The molecule has 0 bridgehead atoms. The largest absolute Gasteiger partial charge is 0.393 e. The predicted octanol–water partition coefficient (Wildman–Crippen LogP) is 4.55. The Kier molecular flexibility index (Phi) is 7.07. The van der Waals surface area contributed by atoms with Gasteiger partial charge in [-0.05, 0) is 63.5 Å². The number of halogens is 2. The summed E-state index contributed by atoms with van der Waals surface area (Å²) in [6.45, 7) is 11.6. The van der Waals surface area contributed by atoms with Crippen molar-refractivity contribution in [3.63, 3.8) is 0 Å². The lowest BCUT2D eigenvalue weighted by Gasteiger charge is -2.42. The number of aliphatic hydroxyl groups is 1. The molecule has 3 heterocycles. The third-order valence-electron chi connectivity index (χ3n) is 9.00. The van der Waals surface area contributed by atoms with Gasteiger partial charge in [0.1, 0.15) is 5.65 Å². The standard InChI is InChI=1S/C30H40F2N6O2/c1-29(2,3)37-12-10-36(11-13-37)18-19-4-9-23-24(14-19)27(40)38(21-5-7-22(39)8-6-21)26-25(23)17-33-28(35-26)34-20-15-30(31,32)16-20/h4,9,14,17,20-22,39H,5-8,10-13,15-16,18H2,1-3H3,(H,33,34,35)/t21-,22-. The molecule has 6 rings (SSSR count). The Morgan fingerprint density at radius 1 is 1.02 bits per heavy atom. The van der Waals surface area contributed by atoms with Crippen LogP contribution in [0.5, 0.6) is 0 Å². The third-order valence-corrected chi connectivity index (χ3v) is 9.00. The molecular weight excluding hydrogens is 514 g/mol. The summed E-state index contributed by atoms with van der Waals surface area (Å²) in [5.74, 6) is -2.38. The van der Waals surface area contributed by atoms with E-state index >= 15 is 0 Å². The highest BCUT2D eigenvalue weighted by atomic mass is 19.3. The molecule has 10 heteroatoms. The summed E-state index contributed by atoms with van der Waals surface area (Å²) in [5.41, 5.74) is 1.69. The lowest BCUT2D eigenvalue weighted by atomic mass is 9.88. The number of hydrogen-bond donors (Lipinski definition) is 2. The first-order chi connectivity index (χ1) is 19.0. The minimum Gasteiger partial charge on any atom is -0.393 e. The first-order valence-corrected chi connectivity index (χ1v) is 14.6. The van der Waals surface area contributed by atoms with Gasteiger partial charge in [0, 0.05) is 80.2 Å². The maximum atomic E-state index is 14.1. The van der Waals surface area contributed by atoms with Gasteiger partial charge in [-0.2, -0.15) is 4.98 Å². The summed E-state index contributed by atoms with van der Waals surface area (Å²) in [5, 5.41) is 15.4. The van der Waals surface area contributed by atoms with Crippen LogP contribution in [0.3, 0.4) is 0 Å². The minimum atomic E-state index is -2.65. The molecule has 3 aliphatic rings. The van der Waals surface area contributed by atoms with E-state index in [2.05, 4.69) is 46.9 Å². The van der Waals surface area contributed by atoms with E-state index in [4.69, 9.17) is 4.98 Å². The van der Waals surface area contributed by atoms with Crippen LogP contribution in [0.1, 0.15) is 70.9 Å². The summed E-state index contributed by atoms with van der Waals surface area (Å²) < 4.78 is 28.6. The van der Waals surface area contributed by atoms with Crippen LogP contribution in [-0.4, -0.2) is 79.2 Å². The Labute approximate surface area is 233 Å². The number of fused-ring (bicyclic) bond motifs is 3. The van der Waals surface area contributed by atoms with Crippen LogP contribution in [0.2, 0.25) is 0 Å². The lowest BCUT2D eigenvalue weighted by molar-refractivity contribution is -0.0794. The van der Waals surface area contributed by atoms with E-state index in [9.17, 15) is 18.7 Å². The van der Waals surface area contributed by atoms with Crippen LogP contribution in [-0.2, 0) is 6.54 Å².